The average molecular weight is 493 g/mol. The minimum Gasteiger partial charge on any atom is -0.462 e. The lowest BCUT2D eigenvalue weighted by Gasteiger charge is -2.41. The van der Waals surface area contributed by atoms with Crippen molar-refractivity contribution in [2.45, 2.75) is 140 Å². The van der Waals surface area contributed by atoms with E-state index in [1.807, 2.05) is 0 Å². The second-order valence-electron chi connectivity index (χ2n) is 10.3. The molecule has 6 atom stereocenters. The summed E-state index contributed by atoms with van der Waals surface area (Å²) in [6.45, 7) is 3.56. The van der Waals surface area contributed by atoms with Crippen molar-refractivity contribution in [3.8, 4) is 0 Å². The van der Waals surface area contributed by atoms with Crippen molar-refractivity contribution < 1.29 is 33.6 Å². The third-order valence-corrected chi connectivity index (χ3v) is 7.04. The van der Waals surface area contributed by atoms with Crippen molar-refractivity contribution in [2.24, 2.45) is 0 Å². The smallest absolute Gasteiger partial charge is 0.330 e. The summed E-state index contributed by atoms with van der Waals surface area (Å²) in [6.07, 6.45) is 19.0. The van der Waals surface area contributed by atoms with Crippen molar-refractivity contribution in [2.75, 3.05) is 0 Å². The van der Waals surface area contributed by atoms with Gasteiger partial charge in [0.2, 0.25) is 0 Å². The largest absolute Gasteiger partial charge is 0.462 e. The third kappa shape index (κ3) is 9.36. The van der Waals surface area contributed by atoms with Gasteiger partial charge in [-0.25, -0.2) is 4.79 Å². The van der Waals surface area contributed by atoms with E-state index >= 15 is 0 Å². The SMILES string of the molecule is CCC=CCCCCCCCCCC(O)CC1CC(OC(C)=O)CC2(CC3OC(=O)C=CC3O2)O1. The maximum atomic E-state index is 11.6. The summed E-state index contributed by atoms with van der Waals surface area (Å²) >= 11 is 0. The first-order valence-electron chi connectivity index (χ1n) is 13.6. The van der Waals surface area contributed by atoms with Crippen molar-refractivity contribution in [3.05, 3.63) is 24.3 Å². The summed E-state index contributed by atoms with van der Waals surface area (Å²) in [5.74, 6) is -1.69. The minimum absolute atomic E-state index is 0.287. The van der Waals surface area contributed by atoms with Crippen LogP contribution in [0.2, 0.25) is 0 Å². The van der Waals surface area contributed by atoms with Gasteiger partial charge in [-0.3, -0.25) is 4.79 Å². The van der Waals surface area contributed by atoms with Crippen LogP contribution in [0.4, 0.5) is 0 Å². The first-order valence-corrected chi connectivity index (χ1v) is 13.6. The maximum absolute atomic E-state index is 11.6. The summed E-state index contributed by atoms with van der Waals surface area (Å²) in [5, 5.41) is 10.7. The van der Waals surface area contributed by atoms with E-state index in [1.54, 1.807) is 6.08 Å². The summed E-state index contributed by atoms with van der Waals surface area (Å²) < 4.78 is 23.5. The Balaban J connectivity index is 1.38. The number of unbranched alkanes of at least 4 members (excludes halogenated alkanes) is 7. The molecular weight excluding hydrogens is 448 g/mol. The fourth-order valence-corrected chi connectivity index (χ4v) is 5.46. The van der Waals surface area contributed by atoms with Gasteiger partial charge in [-0.15, -0.1) is 0 Å². The second-order valence-corrected chi connectivity index (χ2v) is 10.3. The predicted molar refractivity (Wildman–Crippen MR) is 133 cm³/mol. The number of carbonyl (C=O) groups is 2. The molecule has 0 saturated carbocycles. The van der Waals surface area contributed by atoms with Crippen molar-refractivity contribution >= 4 is 11.9 Å². The quantitative estimate of drug-likeness (QED) is 0.200. The van der Waals surface area contributed by atoms with Crippen molar-refractivity contribution in [1.82, 2.24) is 0 Å². The summed E-state index contributed by atoms with van der Waals surface area (Å²) in [6, 6.07) is 0. The van der Waals surface area contributed by atoms with Gasteiger partial charge >= 0.3 is 11.9 Å². The summed E-state index contributed by atoms with van der Waals surface area (Å²) in [4.78, 5) is 23.3. The number of ether oxygens (including phenoxy) is 4. The van der Waals surface area contributed by atoms with E-state index in [4.69, 9.17) is 18.9 Å². The molecule has 6 unspecified atom stereocenters. The highest BCUT2D eigenvalue weighted by Crippen LogP contribution is 2.44. The molecule has 0 bridgehead atoms. The molecule has 7 heteroatoms. The number of hydrogen-bond donors (Lipinski definition) is 1. The molecule has 1 spiro atoms. The van der Waals surface area contributed by atoms with E-state index < -0.39 is 18.0 Å². The zero-order chi connectivity index (χ0) is 25.1. The van der Waals surface area contributed by atoms with Gasteiger partial charge in [-0.2, -0.15) is 0 Å². The fourth-order valence-electron chi connectivity index (χ4n) is 5.46. The topological polar surface area (TPSA) is 91.3 Å². The van der Waals surface area contributed by atoms with Gasteiger partial charge in [-0.1, -0.05) is 57.6 Å². The Hall–Kier alpha value is -1.70. The van der Waals surface area contributed by atoms with Crippen LogP contribution in [0.15, 0.2) is 24.3 Å². The Labute approximate surface area is 210 Å². The van der Waals surface area contributed by atoms with Crippen LogP contribution < -0.4 is 0 Å². The molecule has 7 nitrogen and oxygen atoms in total. The molecule has 0 aliphatic carbocycles. The van der Waals surface area contributed by atoms with E-state index in [0.717, 1.165) is 25.7 Å². The zero-order valence-corrected chi connectivity index (χ0v) is 21.5. The van der Waals surface area contributed by atoms with Crippen LogP contribution in [0.1, 0.15) is 104 Å². The first kappa shape index (κ1) is 27.9. The van der Waals surface area contributed by atoms with E-state index in [1.165, 1.54) is 51.5 Å². The molecule has 3 heterocycles. The lowest BCUT2D eigenvalue weighted by molar-refractivity contribution is -0.286. The molecule has 0 aromatic rings. The van der Waals surface area contributed by atoms with Gasteiger partial charge in [-0.05, 0) is 38.2 Å². The molecule has 35 heavy (non-hydrogen) atoms. The molecule has 198 valence electrons. The molecule has 0 radical (unpaired) electrons. The molecule has 3 rings (SSSR count). The third-order valence-electron chi connectivity index (χ3n) is 7.04. The number of carbonyl (C=O) groups excluding carboxylic acids is 2. The van der Waals surface area contributed by atoms with Crippen LogP contribution in [-0.4, -0.2) is 53.4 Å². The molecule has 2 fully saturated rings. The Morgan fingerprint density at radius 1 is 1.14 bits per heavy atom. The Kier molecular flexibility index (Phi) is 11.3. The van der Waals surface area contributed by atoms with Gasteiger partial charge in [0.15, 0.2) is 5.79 Å². The number of aliphatic hydroxyl groups excluding tert-OH is 1. The first-order chi connectivity index (χ1) is 16.9. The average Bonchev–Trinajstić information content (AvgIpc) is 3.12. The second kappa shape index (κ2) is 14.1. The molecule has 3 aliphatic heterocycles. The van der Waals surface area contributed by atoms with E-state index in [-0.39, 0.29) is 30.3 Å². The summed E-state index contributed by atoms with van der Waals surface area (Å²) in [5.41, 5.74) is 0. The van der Waals surface area contributed by atoms with Crippen LogP contribution >= 0.6 is 0 Å². The lowest BCUT2D eigenvalue weighted by atomic mass is 9.91. The Bertz CT molecular complexity index is 733. The standard InChI is InChI=1S/C28H44O7/c1-3-4-5-6-7-8-9-10-11-12-13-14-22(30)17-23-18-24(32-21(2)29)19-28(34-23)20-26-25(35-28)15-16-27(31)33-26/h4-5,15-16,22-26,30H,3,6-14,17-20H2,1-2H3. The molecule has 0 aromatic carbocycles. The number of hydrogen-bond acceptors (Lipinski definition) is 7. The van der Waals surface area contributed by atoms with Crippen LogP contribution in [0.25, 0.3) is 0 Å². The van der Waals surface area contributed by atoms with Crippen LogP contribution in [0.3, 0.4) is 0 Å². The lowest BCUT2D eigenvalue weighted by Crippen LogP contribution is -2.48. The molecule has 0 amide bonds. The van der Waals surface area contributed by atoms with Gasteiger partial charge < -0.3 is 24.1 Å². The van der Waals surface area contributed by atoms with Crippen LogP contribution in [-0.2, 0) is 28.5 Å². The number of esters is 2. The Morgan fingerprint density at radius 3 is 2.63 bits per heavy atom. The molecule has 3 aliphatic rings. The fraction of sp³-hybridized carbons (Fsp3) is 0.786. The molecular formula is C28H44O7. The molecule has 0 aromatic heterocycles. The zero-order valence-electron chi connectivity index (χ0n) is 21.5. The Morgan fingerprint density at radius 2 is 1.89 bits per heavy atom. The highest BCUT2D eigenvalue weighted by Gasteiger charge is 2.54. The normalized spacial score (nSPS) is 31.0. The van der Waals surface area contributed by atoms with Crippen molar-refractivity contribution in [3.63, 3.8) is 0 Å². The van der Waals surface area contributed by atoms with Crippen molar-refractivity contribution in [1.29, 1.82) is 0 Å². The molecule has 2 saturated heterocycles. The van der Waals surface area contributed by atoms with E-state index in [0.29, 0.717) is 25.7 Å². The van der Waals surface area contributed by atoms with Gasteiger partial charge in [0.05, 0.1) is 12.2 Å². The predicted octanol–water partition coefficient (Wildman–Crippen LogP) is 5.29. The number of allylic oxidation sites excluding steroid dienone is 2. The van der Waals surface area contributed by atoms with Crippen LogP contribution in [0.5, 0.6) is 0 Å². The van der Waals surface area contributed by atoms with Gasteiger partial charge in [0.1, 0.15) is 18.3 Å². The number of rotatable bonds is 14. The van der Waals surface area contributed by atoms with Gasteiger partial charge in [0.25, 0.3) is 0 Å². The van der Waals surface area contributed by atoms with Crippen LogP contribution in [0, 0.1) is 0 Å². The number of aliphatic hydroxyl groups is 1. The number of fused-ring (bicyclic) bond motifs is 1. The molecule has 1 N–H and O–H groups in total. The minimum atomic E-state index is -0.973. The van der Waals surface area contributed by atoms with E-state index in [9.17, 15) is 14.7 Å². The highest BCUT2D eigenvalue weighted by atomic mass is 16.7. The maximum Gasteiger partial charge on any atom is 0.330 e. The van der Waals surface area contributed by atoms with E-state index in [2.05, 4.69) is 19.1 Å². The monoisotopic (exact) mass is 492 g/mol. The highest BCUT2D eigenvalue weighted by molar-refractivity contribution is 5.83. The van der Waals surface area contributed by atoms with Gasteiger partial charge in [0, 0.05) is 32.3 Å². The summed E-state index contributed by atoms with van der Waals surface area (Å²) in [7, 11) is 0.